The Labute approximate surface area is 210 Å². The van der Waals surface area contributed by atoms with Crippen molar-refractivity contribution in [1.82, 2.24) is 10.2 Å². The van der Waals surface area contributed by atoms with Crippen molar-refractivity contribution >= 4 is 50.8 Å². The number of ether oxygens (including phenoxy) is 1. The van der Waals surface area contributed by atoms with E-state index in [1.807, 2.05) is 4.90 Å². The van der Waals surface area contributed by atoms with E-state index in [0.29, 0.717) is 39.6 Å². The van der Waals surface area contributed by atoms with Gasteiger partial charge in [0.05, 0.1) is 11.1 Å². The maximum Gasteiger partial charge on any atom is 0.257 e. The molecule has 0 saturated heterocycles. The molecule has 6 nitrogen and oxygen atoms in total. The van der Waals surface area contributed by atoms with E-state index in [1.54, 1.807) is 42.5 Å². The van der Waals surface area contributed by atoms with E-state index < -0.39 is 0 Å². The van der Waals surface area contributed by atoms with E-state index >= 15 is 0 Å². The molecule has 178 valence electrons. The van der Waals surface area contributed by atoms with E-state index in [4.69, 9.17) is 17.0 Å². The lowest BCUT2D eigenvalue weighted by Crippen LogP contribution is -2.34. The van der Waals surface area contributed by atoms with Gasteiger partial charge in [-0.3, -0.25) is 14.9 Å². The summed E-state index contributed by atoms with van der Waals surface area (Å²) in [6.45, 7) is 10.3. The fourth-order valence-electron chi connectivity index (χ4n) is 3.09. The number of carbonyl (C=O) groups is 2. The Bertz CT molecular complexity index is 958. The zero-order chi connectivity index (χ0) is 24.4. The minimum absolute atomic E-state index is 0.0209. The largest absolute Gasteiger partial charge is 0.492 e. The predicted molar refractivity (Wildman–Crippen MR) is 141 cm³/mol. The number of carbonyl (C=O) groups excluding carboxylic acids is 2. The van der Waals surface area contributed by atoms with Gasteiger partial charge < -0.3 is 15.0 Å². The minimum Gasteiger partial charge on any atom is -0.492 e. The van der Waals surface area contributed by atoms with Crippen LogP contribution < -0.4 is 15.4 Å². The van der Waals surface area contributed by atoms with E-state index in [0.717, 1.165) is 25.9 Å². The lowest BCUT2D eigenvalue weighted by atomic mass is 10.1. The molecule has 0 heterocycles. The minimum atomic E-state index is -0.329. The number of thiocarbonyl (C=S) groups is 1. The highest BCUT2D eigenvalue weighted by molar-refractivity contribution is 9.10. The molecule has 2 amide bonds. The van der Waals surface area contributed by atoms with Crippen LogP contribution >= 0.6 is 28.1 Å². The lowest BCUT2D eigenvalue weighted by molar-refractivity contribution is 0.0755. The highest BCUT2D eigenvalue weighted by atomic mass is 79.9. The molecule has 0 spiro atoms. The van der Waals surface area contributed by atoms with Crippen LogP contribution in [0.15, 0.2) is 46.9 Å². The smallest absolute Gasteiger partial charge is 0.257 e. The Balaban J connectivity index is 1.95. The molecule has 0 fully saturated rings. The summed E-state index contributed by atoms with van der Waals surface area (Å²) in [6.07, 6.45) is 1.84. The van der Waals surface area contributed by atoms with Gasteiger partial charge in [-0.2, -0.15) is 0 Å². The second-order valence-corrected chi connectivity index (χ2v) is 9.39. The van der Waals surface area contributed by atoms with Crippen LogP contribution in [-0.4, -0.2) is 41.5 Å². The van der Waals surface area contributed by atoms with Gasteiger partial charge in [-0.05, 0) is 89.4 Å². The van der Waals surface area contributed by atoms with Gasteiger partial charge in [0.2, 0.25) is 0 Å². The number of rotatable bonds is 10. The van der Waals surface area contributed by atoms with Gasteiger partial charge in [0.25, 0.3) is 11.8 Å². The van der Waals surface area contributed by atoms with Gasteiger partial charge in [-0.15, -0.1) is 0 Å². The molecule has 0 unspecified atom stereocenters. The van der Waals surface area contributed by atoms with E-state index in [9.17, 15) is 9.59 Å². The molecule has 2 aromatic rings. The van der Waals surface area contributed by atoms with Crippen LogP contribution in [0.25, 0.3) is 0 Å². The van der Waals surface area contributed by atoms with Crippen LogP contribution in [0.5, 0.6) is 5.75 Å². The first-order valence-corrected chi connectivity index (χ1v) is 12.4. The van der Waals surface area contributed by atoms with Gasteiger partial charge in [-0.25, -0.2) is 0 Å². The van der Waals surface area contributed by atoms with Crippen molar-refractivity contribution in [3.8, 4) is 5.75 Å². The molecule has 0 atom stereocenters. The van der Waals surface area contributed by atoms with E-state index in [-0.39, 0.29) is 16.9 Å². The van der Waals surface area contributed by atoms with Crippen LogP contribution in [0, 0.1) is 5.92 Å². The second-order valence-electron chi connectivity index (χ2n) is 8.13. The van der Waals surface area contributed by atoms with E-state index in [1.165, 1.54) is 0 Å². The fraction of sp³-hybridized carbons (Fsp3) is 0.400. The number of hydrogen-bond donors (Lipinski definition) is 2. The van der Waals surface area contributed by atoms with Gasteiger partial charge in [-0.1, -0.05) is 27.7 Å². The average Bonchev–Trinajstić information content (AvgIpc) is 2.78. The van der Waals surface area contributed by atoms with E-state index in [2.05, 4.69) is 54.3 Å². The molecule has 2 N–H and O–H groups in total. The van der Waals surface area contributed by atoms with Crippen LogP contribution in [0.4, 0.5) is 5.69 Å². The third-order valence-corrected chi connectivity index (χ3v) is 5.48. The Hall–Kier alpha value is -2.45. The summed E-state index contributed by atoms with van der Waals surface area (Å²) >= 11 is 8.73. The summed E-state index contributed by atoms with van der Waals surface area (Å²) in [4.78, 5) is 27.1. The Morgan fingerprint density at radius 2 is 1.64 bits per heavy atom. The lowest BCUT2D eigenvalue weighted by Gasteiger charge is -2.21. The van der Waals surface area contributed by atoms with Crippen LogP contribution in [-0.2, 0) is 0 Å². The molecule has 2 rings (SSSR count). The van der Waals surface area contributed by atoms with Crippen molar-refractivity contribution < 1.29 is 14.3 Å². The molecule has 0 aromatic heterocycles. The highest BCUT2D eigenvalue weighted by Crippen LogP contribution is 2.26. The zero-order valence-electron chi connectivity index (χ0n) is 19.6. The standard InChI is InChI=1S/C25H32BrN3O3S/c1-5-13-29(14-6-2)24(31)18-7-10-20(11-8-18)27-25(33)28-23(30)19-9-12-22(21(26)15-19)32-16-17(3)4/h7-12,15,17H,5-6,13-14,16H2,1-4H3,(H2,27,28,30,33). The summed E-state index contributed by atoms with van der Waals surface area (Å²) in [5, 5.41) is 5.84. The number of halogens is 1. The molecule has 0 bridgehead atoms. The molecule has 8 heteroatoms. The van der Waals surface area contributed by atoms with Gasteiger partial charge >= 0.3 is 0 Å². The summed E-state index contributed by atoms with van der Waals surface area (Å²) in [7, 11) is 0. The highest BCUT2D eigenvalue weighted by Gasteiger charge is 2.15. The number of nitrogens with one attached hydrogen (secondary N) is 2. The topological polar surface area (TPSA) is 70.7 Å². The second kappa shape index (κ2) is 13.3. The van der Waals surface area contributed by atoms with Crippen molar-refractivity contribution in [1.29, 1.82) is 0 Å². The third kappa shape index (κ3) is 8.44. The first-order chi connectivity index (χ1) is 15.7. The Morgan fingerprint density at radius 3 is 2.18 bits per heavy atom. The quantitative estimate of drug-likeness (QED) is 0.373. The van der Waals surface area contributed by atoms with Crippen LogP contribution in [0.1, 0.15) is 61.3 Å². The maximum atomic E-state index is 12.7. The van der Waals surface area contributed by atoms with Gasteiger partial charge in [0, 0.05) is 29.9 Å². The third-order valence-electron chi connectivity index (χ3n) is 4.66. The Morgan fingerprint density at radius 1 is 1.03 bits per heavy atom. The van der Waals surface area contributed by atoms with Crippen LogP contribution in [0.3, 0.4) is 0 Å². The average molecular weight is 535 g/mol. The number of amides is 2. The monoisotopic (exact) mass is 533 g/mol. The predicted octanol–water partition coefficient (Wildman–Crippen LogP) is 5.87. The van der Waals surface area contributed by atoms with Gasteiger partial charge in [0.15, 0.2) is 5.11 Å². The molecule has 2 aromatic carbocycles. The van der Waals surface area contributed by atoms with Crippen molar-refractivity contribution in [2.24, 2.45) is 5.92 Å². The van der Waals surface area contributed by atoms with Crippen molar-refractivity contribution in [2.75, 3.05) is 25.0 Å². The fourth-order valence-corrected chi connectivity index (χ4v) is 3.79. The molecule has 0 radical (unpaired) electrons. The number of benzene rings is 2. The summed E-state index contributed by atoms with van der Waals surface area (Å²) in [5.74, 6) is 0.784. The maximum absolute atomic E-state index is 12.7. The van der Waals surface area contributed by atoms with Gasteiger partial charge in [0.1, 0.15) is 5.75 Å². The number of nitrogens with zero attached hydrogens (tertiary/aromatic N) is 1. The zero-order valence-corrected chi connectivity index (χ0v) is 22.0. The molecule has 0 aliphatic carbocycles. The molecule has 33 heavy (non-hydrogen) atoms. The van der Waals surface area contributed by atoms with Crippen molar-refractivity contribution in [3.63, 3.8) is 0 Å². The van der Waals surface area contributed by atoms with Crippen molar-refractivity contribution in [3.05, 3.63) is 58.1 Å². The van der Waals surface area contributed by atoms with Crippen molar-refractivity contribution in [2.45, 2.75) is 40.5 Å². The molecule has 0 aliphatic rings. The molecule has 0 saturated carbocycles. The normalized spacial score (nSPS) is 10.6. The number of anilines is 1. The summed E-state index contributed by atoms with van der Waals surface area (Å²) < 4.78 is 6.42. The molecule has 0 aliphatic heterocycles. The molecular weight excluding hydrogens is 502 g/mol. The number of hydrogen-bond acceptors (Lipinski definition) is 4. The summed E-state index contributed by atoms with van der Waals surface area (Å²) in [6, 6.07) is 12.2. The molecular formula is C25H32BrN3O3S. The SMILES string of the molecule is CCCN(CCC)C(=O)c1ccc(NC(=S)NC(=O)c2ccc(OCC(C)C)c(Br)c2)cc1. The first kappa shape index (κ1) is 26.8. The summed E-state index contributed by atoms with van der Waals surface area (Å²) in [5.41, 5.74) is 1.77. The van der Waals surface area contributed by atoms with Crippen LogP contribution in [0.2, 0.25) is 0 Å². The first-order valence-electron chi connectivity index (χ1n) is 11.2. The Kier molecular flexibility index (Phi) is 10.8.